The number of nitrogens with one attached hydrogen (secondary N) is 1. The van der Waals surface area contributed by atoms with Crippen molar-refractivity contribution in [1.29, 1.82) is 0 Å². The molecule has 3 rings (SSSR count). The van der Waals surface area contributed by atoms with E-state index in [0.29, 0.717) is 18.7 Å². The van der Waals surface area contributed by atoms with E-state index in [0.717, 1.165) is 38.9 Å². The van der Waals surface area contributed by atoms with Gasteiger partial charge in [-0.2, -0.15) is 10.2 Å². The SMILES string of the molecule is Cc1nn(CCCNC(=O)c2cccc(Cn3cc(Br)cn3)c2)c(C)c1Br. The summed E-state index contributed by atoms with van der Waals surface area (Å²) in [6, 6.07) is 7.63. The van der Waals surface area contributed by atoms with Crippen LogP contribution in [-0.4, -0.2) is 32.0 Å². The summed E-state index contributed by atoms with van der Waals surface area (Å²) < 4.78 is 5.78. The van der Waals surface area contributed by atoms with Crippen molar-refractivity contribution >= 4 is 37.8 Å². The molecule has 1 aromatic carbocycles. The maximum Gasteiger partial charge on any atom is 0.251 e. The summed E-state index contributed by atoms with van der Waals surface area (Å²) in [5.74, 6) is -0.0620. The minimum Gasteiger partial charge on any atom is -0.352 e. The number of hydrogen-bond acceptors (Lipinski definition) is 3. The van der Waals surface area contributed by atoms with Gasteiger partial charge in [-0.1, -0.05) is 12.1 Å². The lowest BCUT2D eigenvalue weighted by molar-refractivity contribution is 0.0952. The van der Waals surface area contributed by atoms with Crippen molar-refractivity contribution in [3.05, 3.63) is 68.1 Å². The van der Waals surface area contributed by atoms with Gasteiger partial charge in [0.25, 0.3) is 5.91 Å². The lowest BCUT2D eigenvalue weighted by Gasteiger charge is -2.08. The molecule has 0 aliphatic rings. The topological polar surface area (TPSA) is 64.7 Å². The maximum atomic E-state index is 12.4. The molecule has 8 heteroatoms. The van der Waals surface area contributed by atoms with E-state index >= 15 is 0 Å². The van der Waals surface area contributed by atoms with Gasteiger partial charge in [0.1, 0.15) is 0 Å². The Morgan fingerprint density at radius 1 is 1.26 bits per heavy atom. The highest BCUT2D eigenvalue weighted by molar-refractivity contribution is 9.10. The molecule has 2 heterocycles. The number of halogens is 2. The number of nitrogens with zero attached hydrogens (tertiary/aromatic N) is 4. The zero-order valence-corrected chi connectivity index (χ0v) is 18.4. The molecule has 0 radical (unpaired) electrons. The highest BCUT2D eigenvalue weighted by Gasteiger charge is 2.09. The first-order chi connectivity index (χ1) is 12.9. The van der Waals surface area contributed by atoms with Crippen molar-refractivity contribution in [2.45, 2.75) is 33.4 Å². The van der Waals surface area contributed by atoms with Gasteiger partial charge in [0.15, 0.2) is 0 Å². The molecular formula is C19H21Br2N5O. The van der Waals surface area contributed by atoms with Gasteiger partial charge in [0.2, 0.25) is 0 Å². The van der Waals surface area contributed by atoms with E-state index in [1.165, 1.54) is 0 Å². The van der Waals surface area contributed by atoms with E-state index < -0.39 is 0 Å². The van der Waals surface area contributed by atoms with Gasteiger partial charge in [0.05, 0.1) is 27.4 Å². The van der Waals surface area contributed by atoms with Crippen molar-refractivity contribution in [2.75, 3.05) is 6.54 Å². The maximum absolute atomic E-state index is 12.4. The summed E-state index contributed by atoms with van der Waals surface area (Å²) in [5, 5.41) is 11.7. The van der Waals surface area contributed by atoms with Crippen molar-refractivity contribution in [1.82, 2.24) is 24.9 Å². The van der Waals surface area contributed by atoms with Crippen LogP contribution in [0.3, 0.4) is 0 Å². The molecule has 6 nitrogen and oxygen atoms in total. The van der Waals surface area contributed by atoms with Crippen molar-refractivity contribution in [2.24, 2.45) is 0 Å². The molecule has 142 valence electrons. The zero-order valence-electron chi connectivity index (χ0n) is 15.2. The molecule has 0 unspecified atom stereocenters. The normalized spacial score (nSPS) is 11.0. The molecule has 1 amide bonds. The predicted octanol–water partition coefficient (Wildman–Crippen LogP) is 4.09. The van der Waals surface area contributed by atoms with Crippen molar-refractivity contribution in [3.8, 4) is 0 Å². The number of benzene rings is 1. The second-order valence-corrected chi connectivity index (χ2v) is 8.08. The summed E-state index contributed by atoms with van der Waals surface area (Å²) in [6.45, 7) is 6.01. The number of hydrogen-bond donors (Lipinski definition) is 1. The van der Waals surface area contributed by atoms with E-state index in [1.54, 1.807) is 6.20 Å². The van der Waals surface area contributed by atoms with Gasteiger partial charge in [-0.3, -0.25) is 14.2 Å². The highest BCUT2D eigenvalue weighted by atomic mass is 79.9. The van der Waals surface area contributed by atoms with Gasteiger partial charge < -0.3 is 5.32 Å². The fraction of sp³-hybridized carbons (Fsp3) is 0.316. The minimum absolute atomic E-state index is 0.0620. The largest absolute Gasteiger partial charge is 0.352 e. The molecule has 1 N–H and O–H groups in total. The van der Waals surface area contributed by atoms with Gasteiger partial charge in [-0.15, -0.1) is 0 Å². The predicted molar refractivity (Wildman–Crippen MR) is 112 cm³/mol. The van der Waals surface area contributed by atoms with Crippen LogP contribution in [0.25, 0.3) is 0 Å². The third-order valence-electron chi connectivity index (χ3n) is 4.26. The van der Waals surface area contributed by atoms with Crippen LogP contribution < -0.4 is 5.32 Å². The summed E-state index contributed by atoms with van der Waals surface area (Å²) in [6.07, 6.45) is 4.48. The minimum atomic E-state index is -0.0620. The lowest BCUT2D eigenvalue weighted by Crippen LogP contribution is -2.25. The molecule has 0 spiro atoms. The van der Waals surface area contributed by atoms with Crippen LogP contribution in [0, 0.1) is 13.8 Å². The Balaban J connectivity index is 1.52. The quantitative estimate of drug-likeness (QED) is 0.503. The Kier molecular flexibility index (Phi) is 6.49. The average molecular weight is 495 g/mol. The molecule has 0 aliphatic carbocycles. The first kappa shape index (κ1) is 19.8. The highest BCUT2D eigenvalue weighted by Crippen LogP contribution is 2.19. The monoisotopic (exact) mass is 493 g/mol. The molecule has 0 saturated carbocycles. The molecular weight excluding hydrogens is 474 g/mol. The van der Waals surface area contributed by atoms with E-state index in [4.69, 9.17) is 0 Å². The van der Waals surface area contributed by atoms with Crippen LogP contribution in [0.4, 0.5) is 0 Å². The van der Waals surface area contributed by atoms with E-state index in [-0.39, 0.29) is 5.91 Å². The van der Waals surface area contributed by atoms with Crippen LogP contribution in [0.2, 0.25) is 0 Å². The smallest absolute Gasteiger partial charge is 0.251 e. The van der Waals surface area contributed by atoms with Gasteiger partial charge in [0, 0.05) is 30.5 Å². The number of amides is 1. The zero-order chi connectivity index (χ0) is 19.4. The Morgan fingerprint density at radius 2 is 2.07 bits per heavy atom. The Hall–Kier alpha value is -1.93. The Labute approximate surface area is 175 Å². The number of aromatic nitrogens is 4. The third kappa shape index (κ3) is 5.07. The second kappa shape index (κ2) is 8.84. The van der Waals surface area contributed by atoms with E-state index in [2.05, 4.69) is 47.4 Å². The first-order valence-electron chi connectivity index (χ1n) is 8.68. The molecule has 3 aromatic rings. The van der Waals surface area contributed by atoms with Gasteiger partial charge in [-0.25, -0.2) is 0 Å². The van der Waals surface area contributed by atoms with Gasteiger partial charge >= 0.3 is 0 Å². The average Bonchev–Trinajstić information content (AvgIpc) is 3.17. The second-order valence-electron chi connectivity index (χ2n) is 6.37. The van der Waals surface area contributed by atoms with Gasteiger partial charge in [-0.05, 0) is 69.8 Å². The first-order valence-corrected chi connectivity index (χ1v) is 10.3. The summed E-state index contributed by atoms with van der Waals surface area (Å²) >= 11 is 6.92. The van der Waals surface area contributed by atoms with Crippen LogP contribution in [0.15, 0.2) is 45.6 Å². The third-order valence-corrected chi connectivity index (χ3v) is 5.82. The molecule has 0 aliphatic heterocycles. The lowest BCUT2D eigenvalue weighted by atomic mass is 10.1. The van der Waals surface area contributed by atoms with Crippen LogP contribution in [0.5, 0.6) is 0 Å². The molecule has 0 atom stereocenters. The molecule has 0 fully saturated rings. The summed E-state index contributed by atoms with van der Waals surface area (Å²) in [4.78, 5) is 12.4. The fourth-order valence-corrected chi connectivity index (χ4v) is 3.46. The fourth-order valence-electron chi connectivity index (χ4n) is 2.85. The Morgan fingerprint density at radius 3 is 2.74 bits per heavy atom. The summed E-state index contributed by atoms with van der Waals surface area (Å²) in [7, 11) is 0. The molecule has 27 heavy (non-hydrogen) atoms. The Bertz CT molecular complexity index is 947. The number of carbonyl (C=O) groups excluding carboxylic acids is 1. The van der Waals surface area contributed by atoms with Crippen LogP contribution in [0.1, 0.15) is 33.7 Å². The summed E-state index contributed by atoms with van der Waals surface area (Å²) in [5.41, 5.74) is 3.78. The van der Waals surface area contributed by atoms with Crippen LogP contribution >= 0.6 is 31.9 Å². The molecule has 2 aromatic heterocycles. The molecule has 0 bridgehead atoms. The number of carbonyl (C=O) groups is 1. The standard InChI is InChI=1S/C19H21Br2N5O/c1-13-18(21)14(2)26(24-13)8-4-7-22-19(27)16-6-3-5-15(9-16)11-25-12-17(20)10-23-25/h3,5-6,9-10,12H,4,7-8,11H2,1-2H3,(H,22,27). The number of aryl methyl sites for hydroxylation is 2. The van der Waals surface area contributed by atoms with Crippen molar-refractivity contribution in [3.63, 3.8) is 0 Å². The number of rotatable bonds is 7. The van der Waals surface area contributed by atoms with E-state index in [9.17, 15) is 4.79 Å². The van der Waals surface area contributed by atoms with E-state index in [1.807, 2.05) is 53.7 Å². The van der Waals surface area contributed by atoms with Crippen molar-refractivity contribution < 1.29 is 4.79 Å². The van der Waals surface area contributed by atoms with Crippen LogP contribution in [-0.2, 0) is 13.1 Å². The molecule has 0 saturated heterocycles.